The molecule has 1 aromatic carbocycles. The van der Waals surface area contributed by atoms with Crippen LogP contribution in [0.5, 0.6) is 0 Å². The third-order valence-electron chi connectivity index (χ3n) is 3.58. The Labute approximate surface area is 142 Å². The van der Waals surface area contributed by atoms with E-state index in [1.54, 1.807) is 18.2 Å². The van der Waals surface area contributed by atoms with Crippen molar-refractivity contribution < 1.29 is 9.90 Å². The molecular formula is C16H25ClN4O2. The molecule has 2 unspecified atom stereocenters. The highest BCUT2D eigenvalue weighted by molar-refractivity contribution is 6.31. The molecule has 5 N–H and O–H groups in total. The molecule has 0 spiro atoms. The summed E-state index contributed by atoms with van der Waals surface area (Å²) in [5.74, 6) is 0.0317. The summed E-state index contributed by atoms with van der Waals surface area (Å²) in [5, 5.41) is 17.0. The Kier molecular flexibility index (Phi) is 8.61. The second-order valence-corrected chi connectivity index (χ2v) is 5.34. The van der Waals surface area contributed by atoms with Crippen molar-refractivity contribution >= 4 is 29.4 Å². The van der Waals surface area contributed by atoms with E-state index in [1.165, 1.54) is 0 Å². The smallest absolute Gasteiger partial charge is 0.211 e. The van der Waals surface area contributed by atoms with Gasteiger partial charge in [0.2, 0.25) is 6.41 Å². The van der Waals surface area contributed by atoms with Crippen molar-refractivity contribution in [3.8, 4) is 0 Å². The lowest BCUT2D eigenvalue weighted by molar-refractivity contribution is -0.105. The molecule has 7 heteroatoms. The van der Waals surface area contributed by atoms with Crippen LogP contribution in [0.1, 0.15) is 32.3 Å². The molecule has 0 aliphatic carbocycles. The zero-order chi connectivity index (χ0) is 17.2. The van der Waals surface area contributed by atoms with Crippen LogP contribution in [0.25, 0.3) is 0 Å². The highest BCUT2D eigenvalue weighted by Gasteiger charge is 2.32. The molecule has 1 aliphatic heterocycles. The normalized spacial score (nSPS) is 19.3. The number of carbonyl (C=O) groups excluding carboxylic acids is 1. The van der Waals surface area contributed by atoms with Gasteiger partial charge in [0.25, 0.3) is 0 Å². The van der Waals surface area contributed by atoms with Crippen molar-refractivity contribution in [3.05, 3.63) is 28.8 Å². The Morgan fingerprint density at radius 1 is 1.48 bits per heavy atom. The standard InChI is InChI=1S/C14H19ClN4O2.C2H6/c15-9-3-4-12(17-8-21)11(6-9)14-10(2-1-5-16)13(7-20)18-19-14;1-2/h3-4,6,8,10,13,18,20H,1-2,5,7,16H2,(H,17,21);1-2H3. The number of rotatable bonds is 7. The number of nitrogens with two attached hydrogens (primary N) is 1. The first-order valence-electron chi connectivity index (χ1n) is 7.85. The number of nitrogens with zero attached hydrogens (tertiary/aromatic N) is 1. The van der Waals surface area contributed by atoms with Gasteiger partial charge in [0.1, 0.15) is 0 Å². The predicted octanol–water partition coefficient (Wildman–Crippen LogP) is 1.96. The zero-order valence-corrected chi connectivity index (χ0v) is 14.3. The van der Waals surface area contributed by atoms with E-state index in [1.807, 2.05) is 13.8 Å². The van der Waals surface area contributed by atoms with Gasteiger partial charge in [0, 0.05) is 22.2 Å². The molecule has 0 bridgehead atoms. The average molecular weight is 341 g/mol. The summed E-state index contributed by atoms with van der Waals surface area (Å²) < 4.78 is 0. The van der Waals surface area contributed by atoms with Crippen molar-refractivity contribution in [3.63, 3.8) is 0 Å². The van der Waals surface area contributed by atoms with Crippen molar-refractivity contribution in [2.75, 3.05) is 18.5 Å². The fourth-order valence-electron chi connectivity index (χ4n) is 2.54. The minimum atomic E-state index is -0.144. The lowest BCUT2D eigenvalue weighted by atomic mass is 9.87. The number of carbonyl (C=O) groups is 1. The maximum atomic E-state index is 10.7. The van der Waals surface area contributed by atoms with Crippen LogP contribution < -0.4 is 16.5 Å². The van der Waals surface area contributed by atoms with E-state index in [0.717, 1.165) is 24.1 Å². The highest BCUT2D eigenvalue weighted by atomic mass is 35.5. The van der Waals surface area contributed by atoms with E-state index in [4.69, 9.17) is 17.3 Å². The average Bonchev–Trinajstić information content (AvgIpc) is 2.99. The summed E-state index contributed by atoms with van der Waals surface area (Å²) in [4.78, 5) is 10.7. The lowest BCUT2D eigenvalue weighted by Gasteiger charge is -2.20. The minimum Gasteiger partial charge on any atom is -0.394 e. The molecule has 6 nitrogen and oxygen atoms in total. The topological polar surface area (TPSA) is 99.7 Å². The molecule has 2 rings (SSSR count). The molecule has 1 heterocycles. The number of amides is 1. The Morgan fingerprint density at radius 3 is 2.83 bits per heavy atom. The number of benzene rings is 1. The molecule has 1 aromatic rings. The first kappa shape index (κ1) is 19.4. The molecule has 0 saturated carbocycles. The molecule has 1 amide bonds. The number of aliphatic hydroxyl groups is 1. The molecular weight excluding hydrogens is 316 g/mol. The molecule has 0 radical (unpaired) electrons. The van der Waals surface area contributed by atoms with Crippen LogP contribution in [-0.4, -0.2) is 36.4 Å². The van der Waals surface area contributed by atoms with E-state index in [2.05, 4.69) is 15.8 Å². The van der Waals surface area contributed by atoms with Gasteiger partial charge in [-0.3, -0.25) is 4.79 Å². The lowest BCUT2D eigenvalue weighted by Crippen LogP contribution is -2.33. The number of aliphatic hydroxyl groups excluding tert-OH is 1. The van der Waals surface area contributed by atoms with Crippen LogP contribution in [-0.2, 0) is 4.79 Å². The number of hydrazone groups is 1. The van der Waals surface area contributed by atoms with Crippen LogP contribution in [0, 0.1) is 5.92 Å². The van der Waals surface area contributed by atoms with Gasteiger partial charge < -0.3 is 21.6 Å². The summed E-state index contributed by atoms with van der Waals surface area (Å²) in [6.07, 6.45) is 2.26. The van der Waals surface area contributed by atoms with Crippen LogP contribution in [0.4, 0.5) is 5.69 Å². The monoisotopic (exact) mass is 340 g/mol. The van der Waals surface area contributed by atoms with Crippen LogP contribution in [0.2, 0.25) is 5.02 Å². The number of nitrogens with one attached hydrogen (secondary N) is 2. The Bertz CT molecular complexity index is 537. The summed E-state index contributed by atoms with van der Waals surface area (Å²) in [6, 6.07) is 5.07. The van der Waals surface area contributed by atoms with Gasteiger partial charge in [-0.15, -0.1) is 0 Å². The highest BCUT2D eigenvalue weighted by Crippen LogP contribution is 2.29. The first-order valence-corrected chi connectivity index (χ1v) is 8.23. The van der Waals surface area contributed by atoms with Crippen molar-refractivity contribution in [1.29, 1.82) is 0 Å². The summed E-state index contributed by atoms with van der Waals surface area (Å²) in [6.45, 7) is 4.57. The van der Waals surface area contributed by atoms with Crippen molar-refractivity contribution in [2.24, 2.45) is 16.8 Å². The fraction of sp³-hybridized carbons (Fsp3) is 0.500. The SMILES string of the molecule is CC.NCCCC1C(c2cc(Cl)ccc2NC=O)=NNC1CO. The Morgan fingerprint density at radius 2 is 2.22 bits per heavy atom. The van der Waals surface area contributed by atoms with E-state index >= 15 is 0 Å². The maximum absolute atomic E-state index is 10.7. The number of halogens is 1. The number of anilines is 1. The van der Waals surface area contributed by atoms with Crippen LogP contribution in [0.3, 0.4) is 0 Å². The van der Waals surface area contributed by atoms with Gasteiger partial charge in [-0.05, 0) is 37.6 Å². The third-order valence-corrected chi connectivity index (χ3v) is 3.81. The second kappa shape index (κ2) is 10.2. The fourth-order valence-corrected chi connectivity index (χ4v) is 2.71. The molecule has 0 saturated heterocycles. The number of hydrogen-bond donors (Lipinski definition) is 4. The molecule has 2 atom stereocenters. The van der Waals surface area contributed by atoms with Gasteiger partial charge in [-0.2, -0.15) is 5.10 Å². The predicted molar refractivity (Wildman–Crippen MR) is 94.8 cm³/mol. The van der Waals surface area contributed by atoms with Gasteiger partial charge in [0.05, 0.1) is 18.4 Å². The zero-order valence-electron chi connectivity index (χ0n) is 13.6. The minimum absolute atomic E-state index is 0.0146. The molecule has 128 valence electrons. The second-order valence-electron chi connectivity index (χ2n) is 4.90. The Balaban J connectivity index is 0.00000127. The maximum Gasteiger partial charge on any atom is 0.211 e. The van der Waals surface area contributed by atoms with Crippen molar-refractivity contribution in [2.45, 2.75) is 32.7 Å². The quantitative estimate of drug-likeness (QED) is 0.570. The number of hydrogen-bond acceptors (Lipinski definition) is 5. The van der Waals surface area contributed by atoms with Gasteiger partial charge in [-0.25, -0.2) is 0 Å². The summed E-state index contributed by atoms with van der Waals surface area (Å²) >= 11 is 6.06. The van der Waals surface area contributed by atoms with Crippen LogP contribution >= 0.6 is 11.6 Å². The molecule has 23 heavy (non-hydrogen) atoms. The van der Waals surface area contributed by atoms with E-state index in [0.29, 0.717) is 23.7 Å². The molecule has 0 aromatic heterocycles. The van der Waals surface area contributed by atoms with E-state index in [-0.39, 0.29) is 18.6 Å². The summed E-state index contributed by atoms with van der Waals surface area (Å²) in [7, 11) is 0. The third kappa shape index (κ3) is 4.92. The van der Waals surface area contributed by atoms with E-state index in [9.17, 15) is 9.90 Å². The van der Waals surface area contributed by atoms with Crippen molar-refractivity contribution in [1.82, 2.24) is 5.43 Å². The van der Waals surface area contributed by atoms with E-state index < -0.39 is 0 Å². The molecule has 0 fully saturated rings. The van der Waals surface area contributed by atoms with Gasteiger partial charge in [0.15, 0.2) is 0 Å². The first-order chi connectivity index (χ1) is 11.2. The molecule has 1 aliphatic rings. The van der Waals surface area contributed by atoms with Crippen LogP contribution in [0.15, 0.2) is 23.3 Å². The summed E-state index contributed by atoms with van der Waals surface area (Å²) in [5.41, 5.74) is 10.7. The van der Waals surface area contributed by atoms with Gasteiger partial charge >= 0.3 is 0 Å². The Hall–Kier alpha value is -1.63. The largest absolute Gasteiger partial charge is 0.394 e. The van der Waals surface area contributed by atoms with Gasteiger partial charge in [-0.1, -0.05) is 25.4 Å².